The van der Waals surface area contributed by atoms with E-state index in [0.29, 0.717) is 19.3 Å². The van der Waals surface area contributed by atoms with Crippen molar-refractivity contribution in [2.75, 3.05) is 45.9 Å². The van der Waals surface area contributed by atoms with Gasteiger partial charge >= 0.3 is 0 Å². The van der Waals surface area contributed by atoms with Crippen LogP contribution in [0.4, 0.5) is 0 Å². The molecule has 0 aromatic rings. The Morgan fingerprint density at radius 2 is 0.364 bits per heavy atom. The minimum Gasteiger partial charge on any atom is -0.394 e. The molecular formula is C75H131N5O52. The molecule has 0 spiro atoms. The third-order valence-electron chi connectivity index (χ3n) is 22.6. The molecule has 57 heteroatoms. The molecule has 10 rings (SSSR count). The highest BCUT2D eigenvalue weighted by molar-refractivity contribution is 5.78. The van der Waals surface area contributed by atoms with Crippen LogP contribution in [0.5, 0.6) is 0 Å². The van der Waals surface area contributed by atoms with Gasteiger partial charge in [-0.15, -0.1) is 6.42 Å². The van der Waals surface area contributed by atoms with E-state index in [1.165, 1.54) is 27.7 Å². The lowest BCUT2D eigenvalue weighted by Crippen LogP contribution is -2.64. The summed E-state index contributed by atoms with van der Waals surface area (Å²) in [6.45, 7) is 7.87. The second-order valence-corrected chi connectivity index (χ2v) is 32.4. The van der Waals surface area contributed by atoms with Crippen LogP contribution in [0.3, 0.4) is 0 Å². The van der Waals surface area contributed by atoms with Crippen molar-refractivity contribution in [3.05, 3.63) is 0 Å². The second kappa shape index (κ2) is 53.4. The quantitative estimate of drug-likeness (QED) is 0.0358. The number of terminal acetylenes is 1. The molecule has 768 valence electrons. The van der Waals surface area contributed by atoms with E-state index in [4.69, 9.17) is 82.6 Å². The maximum atomic E-state index is 11.5. The van der Waals surface area contributed by atoms with Crippen molar-refractivity contribution in [3.8, 4) is 12.3 Å². The summed E-state index contributed by atoms with van der Waals surface area (Å²) in [5.41, 5.74) is 0. The molecule has 0 radical (unpaired) electrons. The Balaban J connectivity index is 0.000000254. The molecular weight excluding hydrogens is 1800 g/mol. The highest BCUT2D eigenvalue weighted by Gasteiger charge is 2.57. The molecule has 0 aromatic heterocycles. The van der Waals surface area contributed by atoms with Crippen molar-refractivity contribution >= 4 is 29.5 Å². The van der Waals surface area contributed by atoms with Crippen LogP contribution in [-0.4, -0.2) is 546 Å². The number of aliphatic hydroxyl groups is 32. The summed E-state index contributed by atoms with van der Waals surface area (Å²) < 4.78 is 79.9. The number of aliphatic hydroxyl groups excluding tert-OH is 32. The van der Waals surface area contributed by atoms with E-state index in [-0.39, 0.29) is 56.9 Å². The topological polar surface area (TPSA) is 931 Å². The first-order valence-electron chi connectivity index (χ1n) is 42.0. The fourth-order valence-electron chi connectivity index (χ4n) is 14.5. The Kier molecular flexibility index (Phi) is 46.8. The van der Waals surface area contributed by atoms with E-state index in [9.17, 15) is 182 Å². The van der Waals surface area contributed by atoms with Crippen molar-refractivity contribution in [2.24, 2.45) is 0 Å². The van der Waals surface area contributed by atoms with Crippen molar-refractivity contribution < 1.29 is 258 Å². The Morgan fingerprint density at radius 1 is 0.227 bits per heavy atom. The van der Waals surface area contributed by atoms with Gasteiger partial charge in [-0.05, 0) is 19.3 Å². The molecule has 0 bridgehead atoms. The van der Waals surface area contributed by atoms with E-state index < -0.39 is 332 Å². The molecule has 57 nitrogen and oxygen atoms in total. The Labute approximate surface area is 751 Å². The van der Waals surface area contributed by atoms with Gasteiger partial charge in [-0.3, -0.25) is 24.0 Å². The van der Waals surface area contributed by atoms with Crippen LogP contribution >= 0.6 is 0 Å². The SMILES string of the molecule is C#CCC(=O)NCC1O[C@H](O[C@H]2OC(CO)[C@@H](O)C(O)[C@H]2O)C(O)[C@@H](O)[C@@H]1O.CC(=O)NCC1O[C@H](O[C@H]2OC(CO)[C@@H](O)C(O)[C@H]2O)C(O)[C@@H](O)[C@@H]1O.CCC1O[C@H](O[C@H]2OC(CNC(C)=O)[C@@H](O)[C@H](O)C2O)[C@H](O)C(O)[C@@H]1O.CCC1O[C@H](O[C@H]2OC(CNC(C)=O)[C@@H](O)[C@H](O)C2O)[C@H](O)C(O)[C@@H]1O.CCC1O[C@H](O[C@H]2OC(CNC(C)=O)[C@@H](O)[C@H](O)C2O)[C@H](O)C(O)[C@@H]1O. The minimum atomic E-state index is -1.76. The number of hydrogen-bond donors (Lipinski definition) is 37. The molecule has 10 aliphatic heterocycles. The summed E-state index contributed by atoms with van der Waals surface area (Å²) in [7, 11) is 0. The fourth-order valence-corrected chi connectivity index (χ4v) is 14.5. The Morgan fingerprint density at radius 3 is 0.508 bits per heavy atom. The number of rotatable bonds is 26. The zero-order valence-electron chi connectivity index (χ0n) is 72.2. The molecule has 0 saturated carbocycles. The van der Waals surface area contributed by atoms with E-state index in [1.807, 2.05) is 0 Å². The molecule has 0 aromatic carbocycles. The normalized spacial score (nSPS) is 46.2. The second-order valence-electron chi connectivity index (χ2n) is 32.4. The number of nitrogens with one attached hydrogen (secondary N) is 5. The Bertz CT molecular complexity index is 3150. The van der Waals surface area contributed by atoms with Crippen LogP contribution in [0.2, 0.25) is 0 Å². The number of ether oxygens (including phenoxy) is 15. The predicted molar refractivity (Wildman–Crippen MR) is 418 cm³/mol. The standard InChI is InChI=1S/C16H25NO11.3C15H27NO10.C14H25NO11/c1-2-3-8(19)17-4-6-9(20)11(22)13(24)15(26-6)28-16-14(25)12(23)10(21)7(5-18)27-16;3*1-3-6-8(18)10(20)12(22)14(24-6)26-15-13(23)11(21)9(19)7(25-15)4-16-5(2)17;1-4(17)15-2-5-7(18)9(20)11(22)13(24-5)26-14-12(23)10(21)8(19)6(3-16)25-14/h1,6-7,9-16,18,20-25H,3-5H2,(H,17,19);3*6-15,18-23H,3-4H2,1-2H3,(H,16,17);5-14,16,18-23H,2-3H2,1H3,(H,15,17)/t6?,7?,9-,10-,11+,12?,13?,14-,15-,16-;3*6?,7?,8-,9-,10?,11+,12-,13?,14-,15-;5?,6?,7-,8-,9+,10?,11?,12-,13-,14-/m11111/s1. The molecule has 10 heterocycles. The largest absolute Gasteiger partial charge is 0.394 e. The molecule has 132 heavy (non-hydrogen) atoms. The van der Waals surface area contributed by atoms with Crippen LogP contribution in [0.15, 0.2) is 0 Å². The Hall–Kier alpha value is -4.97. The predicted octanol–water partition coefficient (Wildman–Crippen LogP) is -22.0. The van der Waals surface area contributed by atoms with Gasteiger partial charge in [0, 0.05) is 60.4 Å². The van der Waals surface area contributed by atoms with Crippen LogP contribution in [0, 0.1) is 12.3 Å². The molecule has 20 unspecified atom stereocenters. The molecule has 10 aliphatic rings. The van der Waals surface area contributed by atoms with Gasteiger partial charge in [0.2, 0.25) is 29.5 Å². The van der Waals surface area contributed by atoms with Gasteiger partial charge in [-0.25, -0.2) is 0 Å². The maximum Gasteiger partial charge on any atom is 0.232 e. The van der Waals surface area contributed by atoms with Gasteiger partial charge < -0.3 is 261 Å². The van der Waals surface area contributed by atoms with Gasteiger partial charge in [0.25, 0.3) is 0 Å². The van der Waals surface area contributed by atoms with Gasteiger partial charge in [-0.1, -0.05) is 26.7 Å². The summed E-state index contributed by atoms with van der Waals surface area (Å²) in [5.74, 6) is 0.0519. The summed E-state index contributed by atoms with van der Waals surface area (Å²) in [6, 6.07) is 0. The summed E-state index contributed by atoms with van der Waals surface area (Å²) in [5, 5.41) is 329. The average molecular weight is 1930 g/mol. The van der Waals surface area contributed by atoms with E-state index >= 15 is 0 Å². The zero-order chi connectivity index (χ0) is 99.4. The van der Waals surface area contributed by atoms with E-state index in [0.717, 1.165) is 0 Å². The number of amides is 5. The van der Waals surface area contributed by atoms with Crippen molar-refractivity contribution in [1.82, 2.24) is 26.6 Å². The third-order valence-corrected chi connectivity index (χ3v) is 22.6. The van der Waals surface area contributed by atoms with Crippen molar-refractivity contribution in [2.45, 2.75) is 381 Å². The first-order chi connectivity index (χ1) is 61.9. The number of carbonyl (C=O) groups excluding carboxylic acids is 5. The molecule has 5 amide bonds. The maximum absolute atomic E-state index is 11.5. The summed E-state index contributed by atoms with van der Waals surface area (Å²) >= 11 is 0. The lowest BCUT2D eigenvalue weighted by atomic mass is 9.97. The minimum absolute atomic E-state index is 0.146. The van der Waals surface area contributed by atoms with Crippen molar-refractivity contribution in [1.29, 1.82) is 0 Å². The van der Waals surface area contributed by atoms with Gasteiger partial charge in [-0.2, -0.15) is 0 Å². The first kappa shape index (κ1) is 116. The first-order valence-corrected chi connectivity index (χ1v) is 42.0. The highest BCUT2D eigenvalue weighted by Crippen LogP contribution is 2.36. The van der Waals surface area contributed by atoms with Crippen LogP contribution in [0.1, 0.15) is 74.1 Å². The van der Waals surface area contributed by atoms with E-state index in [1.54, 1.807) is 20.8 Å². The third kappa shape index (κ3) is 30.0. The summed E-state index contributed by atoms with van der Waals surface area (Å²) in [4.78, 5) is 55.5. The van der Waals surface area contributed by atoms with Crippen LogP contribution < -0.4 is 26.6 Å². The average Bonchev–Trinajstić information content (AvgIpc) is 0.802. The molecule has 10 saturated heterocycles. The fraction of sp³-hybridized carbons (Fsp3) is 0.907. The lowest BCUT2D eigenvalue weighted by Gasteiger charge is -2.45. The van der Waals surface area contributed by atoms with Crippen molar-refractivity contribution in [3.63, 3.8) is 0 Å². The van der Waals surface area contributed by atoms with Crippen LogP contribution in [0.25, 0.3) is 0 Å². The number of hydrogen-bond acceptors (Lipinski definition) is 52. The van der Waals surface area contributed by atoms with Crippen LogP contribution in [-0.2, 0) is 95.0 Å². The monoisotopic (exact) mass is 1930 g/mol. The van der Waals surface area contributed by atoms with Gasteiger partial charge in [0.15, 0.2) is 62.9 Å². The summed E-state index contributed by atoms with van der Waals surface area (Å²) in [6.07, 6.45) is -67.9. The highest BCUT2D eigenvalue weighted by atomic mass is 16.8. The molecule has 37 N–H and O–H groups in total. The zero-order valence-corrected chi connectivity index (χ0v) is 72.2. The smallest absolute Gasteiger partial charge is 0.232 e. The lowest BCUT2D eigenvalue weighted by molar-refractivity contribution is -0.374. The molecule has 0 aliphatic carbocycles. The molecule has 10 fully saturated rings. The number of carbonyl (C=O) groups is 5. The van der Waals surface area contributed by atoms with E-state index in [2.05, 4.69) is 32.5 Å². The van der Waals surface area contributed by atoms with Gasteiger partial charge in [0.05, 0.1) is 37.9 Å². The molecule has 50 atom stereocenters. The van der Waals surface area contributed by atoms with Gasteiger partial charge in [0.1, 0.15) is 226 Å².